The van der Waals surface area contributed by atoms with Crippen molar-refractivity contribution in [3.8, 4) is 0 Å². The van der Waals surface area contributed by atoms with Crippen LogP contribution in [0.2, 0.25) is 0 Å². The summed E-state index contributed by atoms with van der Waals surface area (Å²) in [6.07, 6.45) is 2.27. The summed E-state index contributed by atoms with van der Waals surface area (Å²) < 4.78 is 12.1. The minimum Gasteiger partial charge on any atom is -0.388 e. The Hall–Kier alpha value is -1.79. The summed E-state index contributed by atoms with van der Waals surface area (Å²) in [5, 5.41) is 24.7. The van der Waals surface area contributed by atoms with Crippen LogP contribution < -0.4 is 5.32 Å². The van der Waals surface area contributed by atoms with Crippen LogP contribution in [0.25, 0.3) is 0 Å². The van der Waals surface area contributed by atoms with Gasteiger partial charge in [0, 0.05) is 51.7 Å². The van der Waals surface area contributed by atoms with Crippen molar-refractivity contribution in [1.82, 2.24) is 20.0 Å². The molecule has 0 aromatic heterocycles. The predicted molar refractivity (Wildman–Crippen MR) is 151 cm³/mol. The highest BCUT2D eigenvalue weighted by molar-refractivity contribution is 5.83. The lowest BCUT2D eigenvalue weighted by molar-refractivity contribution is -0.148. The molecule has 1 aliphatic carbocycles. The van der Waals surface area contributed by atoms with E-state index in [0.29, 0.717) is 45.0 Å². The van der Waals surface area contributed by atoms with Crippen molar-refractivity contribution in [2.24, 2.45) is 11.3 Å². The van der Waals surface area contributed by atoms with E-state index in [0.717, 1.165) is 6.54 Å². The SMILES string of the molecule is CC(C)(C)CC(=O)N1C[C@@H]2CN(CCO2)C(=O)[C@@H]2C[C@@H](CN2CC2CCCCC2)NC(=O)C[C@@H]2O[C@H](C1)[C@@H](O)[C@H]2O. The van der Waals surface area contributed by atoms with Gasteiger partial charge in [0.2, 0.25) is 17.7 Å². The van der Waals surface area contributed by atoms with Crippen LogP contribution in [0, 0.1) is 11.3 Å². The summed E-state index contributed by atoms with van der Waals surface area (Å²) in [4.78, 5) is 46.3. The molecule has 6 bridgehead atoms. The minimum absolute atomic E-state index is 0.0689. The average Bonchev–Trinajstić information content (AvgIpc) is 3.42. The van der Waals surface area contributed by atoms with E-state index in [1.165, 1.54) is 32.1 Å². The Labute approximate surface area is 243 Å². The van der Waals surface area contributed by atoms with Gasteiger partial charge in [-0.2, -0.15) is 0 Å². The standard InChI is InChI=1S/C30H50N4O7/c1-30(2,3)13-26(36)34-17-21-16-32(9-10-40-21)29(39)22-11-20(15-33(22)14-19-7-5-4-6-8-19)31-25(35)12-23-27(37)28(38)24(18-34)41-23/h19-24,27-28,37-38H,4-18H2,1-3H3,(H,31,35)/t20-,21-,22-,23-,24+,27-,28+/m0/s1. The Balaban J connectivity index is 1.39. The van der Waals surface area contributed by atoms with Crippen LogP contribution in [0.1, 0.15) is 72.1 Å². The molecule has 11 heteroatoms. The topological polar surface area (TPSA) is 132 Å². The quantitative estimate of drug-likeness (QED) is 0.442. The molecule has 3 amide bonds. The second kappa shape index (κ2) is 12.8. The largest absolute Gasteiger partial charge is 0.388 e. The first-order valence-electron chi connectivity index (χ1n) is 15.7. The number of ether oxygens (including phenoxy) is 2. The zero-order valence-electron chi connectivity index (χ0n) is 25.0. The minimum atomic E-state index is -1.23. The summed E-state index contributed by atoms with van der Waals surface area (Å²) in [7, 11) is 0. The van der Waals surface area contributed by atoms with Crippen LogP contribution >= 0.6 is 0 Å². The molecule has 1 saturated carbocycles. The maximum atomic E-state index is 14.0. The number of hydrogen-bond acceptors (Lipinski definition) is 8. The summed E-state index contributed by atoms with van der Waals surface area (Å²) in [5.41, 5.74) is -0.252. The van der Waals surface area contributed by atoms with Crippen molar-refractivity contribution in [2.45, 2.75) is 115 Å². The van der Waals surface area contributed by atoms with Gasteiger partial charge in [0.1, 0.15) is 18.3 Å². The smallest absolute Gasteiger partial charge is 0.240 e. The van der Waals surface area contributed by atoms with Gasteiger partial charge in [-0.15, -0.1) is 0 Å². The number of amides is 3. The van der Waals surface area contributed by atoms with Crippen molar-refractivity contribution in [2.75, 3.05) is 45.9 Å². The van der Waals surface area contributed by atoms with Crippen molar-refractivity contribution in [3.05, 3.63) is 0 Å². The zero-order chi connectivity index (χ0) is 29.3. The predicted octanol–water partition coefficient (Wildman–Crippen LogP) is 0.511. The van der Waals surface area contributed by atoms with Gasteiger partial charge >= 0.3 is 0 Å². The van der Waals surface area contributed by atoms with E-state index >= 15 is 0 Å². The maximum Gasteiger partial charge on any atom is 0.240 e. The fraction of sp³-hybridized carbons (Fsp3) is 0.900. The highest BCUT2D eigenvalue weighted by atomic mass is 16.5. The Morgan fingerprint density at radius 1 is 1.00 bits per heavy atom. The van der Waals surface area contributed by atoms with E-state index < -0.39 is 24.4 Å². The molecule has 0 aromatic rings. The fourth-order valence-corrected chi connectivity index (χ4v) is 7.33. The molecule has 4 aliphatic heterocycles. The summed E-state index contributed by atoms with van der Waals surface area (Å²) >= 11 is 0. The molecule has 0 radical (unpaired) electrons. The van der Waals surface area contributed by atoms with E-state index in [2.05, 4.69) is 10.2 Å². The Morgan fingerprint density at radius 3 is 2.46 bits per heavy atom. The molecule has 232 valence electrons. The third kappa shape index (κ3) is 7.60. The molecule has 41 heavy (non-hydrogen) atoms. The third-order valence-electron chi connectivity index (χ3n) is 9.43. The van der Waals surface area contributed by atoms with Gasteiger partial charge in [-0.3, -0.25) is 19.3 Å². The number of fused-ring (bicyclic) bond motifs is 6. The van der Waals surface area contributed by atoms with E-state index in [9.17, 15) is 24.6 Å². The Morgan fingerprint density at radius 2 is 1.73 bits per heavy atom. The highest BCUT2D eigenvalue weighted by Gasteiger charge is 2.46. The number of hydrogen-bond donors (Lipinski definition) is 3. The Bertz CT molecular complexity index is 952. The number of aliphatic hydroxyl groups is 2. The van der Waals surface area contributed by atoms with Crippen LogP contribution in [0.5, 0.6) is 0 Å². The second-order valence-electron chi connectivity index (χ2n) is 14.2. The highest BCUT2D eigenvalue weighted by Crippen LogP contribution is 2.30. The number of morpholine rings is 1. The Kier molecular flexibility index (Phi) is 9.60. The van der Waals surface area contributed by atoms with E-state index in [1.54, 1.807) is 4.90 Å². The number of aliphatic hydroxyl groups excluding tert-OH is 2. The molecule has 7 atom stereocenters. The molecule has 3 N–H and O–H groups in total. The monoisotopic (exact) mass is 578 g/mol. The lowest BCUT2D eigenvalue weighted by Gasteiger charge is -2.39. The maximum absolute atomic E-state index is 14.0. The van der Waals surface area contributed by atoms with Gasteiger partial charge in [0.25, 0.3) is 0 Å². The van der Waals surface area contributed by atoms with Crippen molar-refractivity contribution < 1.29 is 34.1 Å². The van der Waals surface area contributed by atoms with Gasteiger partial charge in [0.05, 0.1) is 31.3 Å². The van der Waals surface area contributed by atoms with Gasteiger partial charge in [0.15, 0.2) is 0 Å². The number of rotatable bonds is 3. The molecular weight excluding hydrogens is 528 g/mol. The van der Waals surface area contributed by atoms with Crippen LogP contribution in [-0.2, 0) is 23.9 Å². The van der Waals surface area contributed by atoms with Gasteiger partial charge < -0.3 is 34.8 Å². The fourth-order valence-electron chi connectivity index (χ4n) is 7.33. The van der Waals surface area contributed by atoms with E-state index in [-0.39, 0.29) is 60.8 Å². The van der Waals surface area contributed by atoms with Crippen LogP contribution in [0.4, 0.5) is 0 Å². The summed E-state index contributed by atoms with van der Waals surface area (Å²) in [6.45, 7) is 9.02. The lowest BCUT2D eigenvalue weighted by atomic mass is 9.89. The molecule has 0 aromatic carbocycles. The van der Waals surface area contributed by atoms with Crippen LogP contribution in [0.15, 0.2) is 0 Å². The molecule has 11 nitrogen and oxygen atoms in total. The number of carbonyl (C=O) groups excluding carboxylic acids is 3. The molecule has 5 aliphatic rings. The first-order valence-corrected chi connectivity index (χ1v) is 15.7. The second-order valence-corrected chi connectivity index (χ2v) is 14.2. The van der Waals surface area contributed by atoms with E-state index in [4.69, 9.17) is 9.47 Å². The first-order chi connectivity index (χ1) is 19.5. The number of nitrogens with zero attached hydrogens (tertiary/aromatic N) is 3. The van der Waals surface area contributed by atoms with Gasteiger partial charge in [-0.05, 0) is 30.6 Å². The van der Waals surface area contributed by atoms with Gasteiger partial charge in [-0.1, -0.05) is 40.0 Å². The first kappa shape index (κ1) is 30.7. The van der Waals surface area contributed by atoms with Gasteiger partial charge in [-0.25, -0.2) is 0 Å². The zero-order valence-corrected chi connectivity index (χ0v) is 25.0. The summed E-state index contributed by atoms with van der Waals surface area (Å²) in [6, 6.07) is -0.485. The average molecular weight is 579 g/mol. The molecule has 5 rings (SSSR count). The van der Waals surface area contributed by atoms with Crippen LogP contribution in [0.3, 0.4) is 0 Å². The number of likely N-dealkylation sites (tertiary alicyclic amines) is 1. The molecule has 0 spiro atoms. The number of carbonyl (C=O) groups is 3. The molecule has 5 fully saturated rings. The van der Waals surface area contributed by atoms with Crippen molar-refractivity contribution in [1.29, 1.82) is 0 Å². The van der Waals surface area contributed by atoms with Crippen molar-refractivity contribution >= 4 is 17.7 Å². The third-order valence-corrected chi connectivity index (χ3v) is 9.43. The molecule has 0 unspecified atom stereocenters. The molecular formula is C30H50N4O7. The van der Waals surface area contributed by atoms with E-state index in [1.807, 2.05) is 25.7 Å². The lowest BCUT2D eigenvalue weighted by Crippen LogP contribution is -2.55. The van der Waals surface area contributed by atoms with Crippen molar-refractivity contribution in [3.63, 3.8) is 0 Å². The van der Waals surface area contributed by atoms with Crippen LogP contribution in [-0.4, -0.2) is 131 Å². The summed E-state index contributed by atoms with van der Waals surface area (Å²) in [5.74, 6) is 0.258. The molecule has 4 heterocycles. The molecule has 4 saturated heterocycles. The number of nitrogens with one attached hydrogen (secondary N) is 1. The normalized spacial score (nSPS) is 36.5.